The zero-order valence-corrected chi connectivity index (χ0v) is 15.9. The summed E-state index contributed by atoms with van der Waals surface area (Å²) in [6.45, 7) is 11.7. The van der Waals surface area contributed by atoms with Crippen LogP contribution in [0.3, 0.4) is 0 Å². The van der Waals surface area contributed by atoms with E-state index in [2.05, 4.69) is 46.6 Å². The molecule has 2 aliphatic heterocycles. The summed E-state index contributed by atoms with van der Waals surface area (Å²) in [6, 6.07) is 2.98. The highest BCUT2D eigenvalue weighted by atomic mass is 32.1. The van der Waals surface area contributed by atoms with E-state index in [0.29, 0.717) is 11.5 Å². The van der Waals surface area contributed by atoms with Gasteiger partial charge in [0.05, 0.1) is 5.39 Å². The standard InChI is InChI=1S/C19H28N4S/c1-4-15-11-16-17(20-13-21-18(16)24-15)22-8-5-19(6-9-22)7-10-23(12-19)14(2)3/h11,13-14H,4-10,12H2,1-3H3. The van der Waals surface area contributed by atoms with Gasteiger partial charge in [-0.2, -0.15) is 0 Å². The Labute approximate surface area is 148 Å². The first kappa shape index (κ1) is 16.3. The van der Waals surface area contributed by atoms with Crippen LogP contribution in [0.15, 0.2) is 12.4 Å². The molecule has 1 spiro atoms. The van der Waals surface area contributed by atoms with Crippen molar-refractivity contribution in [3.05, 3.63) is 17.3 Å². The molecule has 0 N–H and O–H groups in total. The van der Waals surface area contributed by atoms with Crippen LogP contribution in [0.4, 0.5) is 5.82 Å². The fourth-order valence-electron chi connectivity index (χ4n) is 4.33. The van der Waals surface area contributed by atoms with E-state index in [1.165, 1.54) is 42.6 Å². The van der Waals surface area contributed by atoms with Gasteiger partial charge in [-0.1, -0.05) is 6.92 Å². The van der Waals surface area contributed by atoms with E-state index < -0.39 is 0 Å². The number of anilines is 1. The summed E-state index contributed by atoms with van der Waals surface area (Å²) in [4.78, 5) is 16.8. The average molecular weight is 345 g/mol. The van der Waals surface area contributed by atoms with Gasteiger partial charge in [-0.3, -0.25) is 0 Å². The van der Waals surface area contributed by atoms with Crippen molar-refractivity contribution in [2.75, 3.05) is 31.1 Å². The lowest BCUT2D eigenvalue weighted by molar-refractivity contribution is 0.189. The number of piperidine rings is 1. The van der Waals surface area contributed by atoms with Crippen molar-refractivity contribution in [1.82, 2.24) is 14.9 Å². The monoisotopic (exact) mass is 344 g/mol. The minimum Gasteiger partial charge on any atom is -0.356 e. The van der Waals surface area contributed by atoms with Gasteiger partial charge in [0.2, 0.25) is 0 Å². The van der Waals surface area contributed by atoms with Crippen LogP contribution in [-0.4, -0.2) is 47.1 Å². The van der Waals surface area contributed by atoms with E-state index in [-0.39, 0.29) is 0 Å². The summed E-state index contributed by atoms with van der Waals surface area (Å²) in [5.74, 6) is 1.16. The lowest BCUT2D eigenvalue weighted by Gasteiger charge is -2.40. The second-order valence-corrected chi connectivity index (χ2v) is 8.90. The van der Waals surface area contributed by atoms with Crippen molar-refractivity contribution in [3.8, 4) is 0 Å². The van der Waals surface area contributed by atoms with Crippen LogP contribution in [0.2, 0.25) is 0 Å². The first-order valence-corrected chi connectivity index (χ1v) is 10.1. The second-order valence-electron chi connectivity index (χ2n) is 7.78. The lowest BCUT2D eigenvalue weighted by atomic mass is 9.77. The van der Waals surface area contributed by atoms with Gasteiger partial charge >= 0.3 is 0 Å². The molecule has 0 aromatic carbocycles. The van der Waals surface area contributed by atoms with Crippen molar-refractivity contribution in [3.63, 3.8) is 0 Å². The molecule has 0 aliphatic carbocycles. The normalized spacial score (nSPS) is 21.4. The van der Waals surface area contributed by atoms with Crippen LogP contribution in [0.25, 0.3) is 10.2 Å². The molecule has 130 valence electrons. The van der Waals surface area contributed by atoms with E-state index in [1.54, 1.807) is 6.33 Å². The number of nitrogens with zero attached hydrogens (tertiary/aromatic N) is 4. The Balaban J connectivity index is 1.51. The molecule has 2 aromatic rings. The van der Waals surface area contributed by atoms with E-state index in [1.807, 2.05) is 11.3 Å². The van der Waals surface area contributed by atoms with Crippen molar-refractivity contribution < 1.29 is 0 Å². The number of aromatic nitrogens is 2. The fourth-order valence-corrected chi connectivity index (χ4v) is 5.26. The Bertz CT molecular complexity index is 715. The number of thiophene rings is 1. The van der Waals surface area contributed by atoms with E-state index >= 15 is 0 Å². The quantitative estimate of drug-likeness (QED) is 0.844. The zero-order valence-electron chi connectivity index (χ0n) is 15.1. The number of aryl methyl sites for hydroxylation is 1. The molecular weight excluding hydrogens is 316 g/mol. The highest BCUT2D eigenvalue weighted by Crippen LogP contribution is 2.42. The number of fused-ring (bicyclic) bond motifs is 1. The van der Waals surface area contributed by atoms with Gasteiger partial charge < -0.3 is 9.80 Å². The van der Waals surface area contributed by atoms with Gasteiger partial charge in [0.25, 0.3) is 0 Å². The van der Waals surface area contributed by atoms with Crippen molar-refractivity contribution in [1.29, 1.82) is 0 Å². The largest absolute Gasteiger partial charge is 0.356 e. The van der Waals surface area contributed by atoms with Gasteiger partial charge in [0.15, 0.2) is 0 Å². The fraction of sp³-hybridized carbons (Fsp3) is 0.684. The van der Waals surface area contributed by atoms with Crippen LogP contribution in [0, 0.1) is 5.41 Å². The summed E-state index contributed by atoms with van der Waals surface area (Å²) in [7, 11) is 0. The van der Waals surface area contributed by atoms with Crippen molar-refractivity contribution >= 4 is 27.4 Å². The number of hydrogen-bond acceptors (Lipinski definition) is 5. The Morgan fingerprint density at radius 1 is 1.17 bits per heavy atom. The van der Waals surface area contributed by atoms with Gasteiger partial charge in [-0.05, 0) is 57.6 Å². The van der Waals surface area contributed by atoms with Gasteiger partial charge in [0.1, 0.15) is 17.0 Å². The van der Waals surface area contributed by atoms with E-state index in [9.17, 15) is 0 Å². The van der Waals surface area contributed by atoms with Crippen LogP contribution in [-0.2, 0) is 6.42 Å². The summed E-state index contributed by atoms with van der Waals surface area (Å²) >= 11 is 1.81. The third-order valence-electron chi connectivity index (χ3n) is 6.03. The van der Waals surface area contributed by atoms with E-state index in [4.69, 9.17) is 0 Å². The molecule has 0 amide bonds. The first-order chi connectivity index (χ1) is 11.6. The summed E-state index contributed by atoms with van der Waals surface area (Å²) in [5.41, 5.74) is 0.552. The van der Waals surface area contributed by atoms with Crippen LogP contribution < -0.4 is 4.90 Å². The molecular formula is C19H28N4S. The molecule has 4 heterocycles. The average Bonchev–Trinajstić information content (AvgIpc) is 3.20. The molecule has 2 aliphatic rings. The van der Waals surface area contributed by atoms with Crippen molar-refractivity contribution in [2.24, 2.45) is 5.41 Å². The number of hydrogen-bond donors (Lipinski definition) is 0. The third-order valence-corrected chi connectivity index (χ3v) is 7.22. The van der Waals surface area contributed by atoms with E-state index in [0.717, 1.165) is 30.2 Å². The lowest BCUT2D eigenvalue weighted by Crippen LogP contribution is -2.42. The second kappa shape index (κ2) is 6.26. The predicted octanol–water partition coefficient (Wildman–Crippen LogP) is 3.95. The maximum atomic E-state index is 4.65. The SMILES string of the molecule is CCc1cc2c(N3CCC4(CC3)CCN(C(C)C)C4)ncnc2s1. The van der Waals surface area contributed by atoms with Gasteiger partial charge in [-0.25, -0.2) is 9.97 Å². The molecule has 2 saturated heterocycles. The maximum absolute atomic E-state index is 4.65. The number of likely N-dealkylation sites (tertiary alicyclic amines) is 1. The molecule has 0 radical (unpaired) electrons. The smallest absolute Gasteiger partial charge is 0.140 e. The third kappa shape index (κ3) is 2.82. The minimum atomic E-state index is 0.552. The molecule has 4 nitrogen and oxygen atoms in total. The molecule has 2 fully saturated rings. The van der Waals surface area contributed by atoms with Gasteiger partial charge in [0, 0.05) is 30.6 Å². The Kier molecular flexibility index (Phi) is 4.25. The highest BCUT2D eigenvalue weighted by Gasteiger charge is 2.41. The first-order valence-electron chi connectivity index (χ1n) is 9.33. The molecule has 0 bridgehead atoms. The Morgan fingerprint density at radius 3 is 2.58 bits per heavy atom. The zero-order chi connectivity index (χ0) is 16.7. The predicted molar refractivity (Wildman–Crippen MR) is 102 cm³/mol. The van der Waals surface area contributed by atoms with Crippen LogP contribution in [0.1, 0.15) is 44.9 Å². The Hall–Kier alpha value is -1.20. The molecule has 4 rings (SSSR count). The minimum absolute atomic E-state index is 0.552. The van der Waals surface area contributed by atoms with Crippen molar-refractivity contribution in [2.45, 2.75) is 52.5 Å². The highest BCUT2D eigenvalue weighted by molar-refractivity contribution is 7.18. The molecule has 0 unspecified atom stereocenters. The number of rotatable bonds is 3. The molecule has 24 heavy (non-hydrogen) atoms. The molecule has 0 atom stereocenters. The molecule has 0 saturated carbocycles. The Morgan fingerprint density at radius 2 is 1.92 bits per heavy atom. The van der Waals surface area contributed by atoms with Crippen LogP contribution >= 0.6 is 11.3 Å². The maximum Gasteiger partial charge on any atom is 0.140 e. The summed E-state index contributed by atoms with van der Waals surface area (Å²) < 4.78 is 0. The topological polar surface area (TPSA) is 32.3 Å². The van der Waals surface area contributed by atoms with Gasteiger partial charge in [-0.15, -0.1) is 11.3 Å². The summed E-state index contributed by atoms with van der Waals surface area (Å²) in [6.07, 6.45) is 6.79. The van der Waals surface area contributed by atoms with Crippen LogP contribution in [0.5, 0.6) is 0 Å². The molecule has 5 heteroatoms. The summed E-state index contributed by atoms with van der Waals surface area (Å²) in [5, 5.41) is 1.26. The molecule has 2 aromatic heterocycles.